The van der Waals surface area contributed by atoms with Gasteiger partial charge in [-0.25, -0.2) is 0 Å². The molecule has 1 aromatic rings. The second kappa shape index (κ2) is 8.29. The zero-order chi connectivity index (χ0) is 12.5. The molecule has 0 aliphatic rings. The van der Waals surface area contributed by atoms with Gasteiger partial charge in [0.2, 0.25) is 0 Å². The fourth-order valence-electron chi connectivity index (χ4n) is 2.16. The van der Waals surface area contributed by atoms with Gasteiger partial charge in [0.15, 0.2) is 0 Å². The maximum atomic E-state index is 4.34. The third kappa shape index (κ3) is 4.90. The minimum absolute atomic E-state index is 0.469. The number of aryl methyl sites for hydroxylation is 1. The Balaban J connectivity index is 2.32. The highest BCUT2D eigenvalue weighted by atomic mass is 15.3. The van der Waals surface area contributed by atoms with Crippen molar-refractivity contribution in [3.8, 4) is 0 Å². The van der Waals surface area contributed by atoms with Crippen LogP contribution in [-0.2, 0) is 6.54 Å². The molecule has 0 radical (unpaired) electrons. The highest BCUT2D eigenvalue weighted by molar-refractivity contribution is 5.10. The molecule has 0 spiro atoms. The molecule has 1 rings (SSSR count). The lowest BCUT2D eigenvalue weighted by Crippen LogP contribution is -2.15. The molecular weight excluding hydrogens is 210 g/mol. The molecule has 0 aromatic carbocycles. The van der Waals surface area contributed by atoms with Crippen molar-refractivity contribution in [3.63, 3.8) is 0 Å². The standard InChI is InChI=1S/C14H27N3/c1-4-6-7-8-9-10-14(15-3)13-11-16-17(5-2)12-13/h11-12,14-15H,4-10H2,1-3H3. The summed E-state index contributed by atoms with van der Waals surface area (Å²) in [7, 11) is 2.04. The average Bonchev–Trinajstić information content (AvgIpc) is 2.82. The van der Waals surface area contributed by atoms with Crippen molar-refractivity contribution >= 4 is 0 Å². The summed E-state index contributed by atoms with van der Waals surface area (Å²) in [6.45, 7) is 5.33. The fraction of sp³-hybridized carbons (Fsp3) is 0.786. The number of nitrogens with one attached hydrogen (secondary N) is 1. The van der Waals surface area contributed by atoms with Crippen LogP contribution in [0, 0.1) is 0 Å². The molecule has 1 unspecified atom stereocenters. The minimum atomic E-state index is 0.469. The van der Waals surface area contributed by atoms with Gasteiger partial charge in [-0.3, -0.25) is 4.68 Å². The van der Waals surface area contributed by atoms with Crippen LogP contribution in [0.25, 0.3) is 0 Å². The van der Waals surface area contributed by atoms with E-state index in [1.54, 1.807) is 0 Å². The summed E-state index contributed by atoms with van der Waals surface area (Å²) in [6.07, 6.45) is 12.1. The SMILES string of the molecule is CCCCCCCC(NC)c1cnn(CC)c1. The van der Waals surface area contributed by atoms with E-state index in [0.717, 1.165) is 6.54 Å². The van der Waals surface area contributed by atoms with Crippen molar-refractivity contribution in [1.82, 2.24) is 15.1 Å². The van der Waals surface area contributed by atoms with Gasteiger partial charge in [-0.15, -0.1) is 0 Å². The molecule has 0 aliphatic heterocycles. The van der Waals surface area contributed by atoms with Crippen molar-refractivity contribution in [3.05, 3.63) is 18.0 Å². The largest absolute Gasteiger partial charge is 0.313 e. The van der Waals surface area contributed by atoms with Crippen LogP contribution >= 0.6 is 0 Å². The first kappa shape index (κ1) is 14.2. The fourth-order valence-corrected chi connectivity index (χ4v) is 2.16. The zero-order valence-corrected chi connectivity index (χ0v) is 11.6. The zero-order valence-electron chi connectivity index (χ0n) is 11.6. The Kier molecular flexibility index (Phi) is 6.94. The van der Waals surface area contributed by atoms with E-state index >= 15 is 0 Å². The van der Waals surface area contributed by atoms with E-state index < -0.39 is 0 Å². The lowest BCUT2D eigenvalue weighted by Gasteiger charge is -2.14. The van der Waals surface area contributed by atoms with Gasteiger partial charge in [-0.05, 0) is 20.4 Å². The molecule has 1 heterocycles. The van der Waals surface area contributed by atoms with Crippen LogP contribution in [0.2, 0.25) is 0 Å². The van der Waals surface area contributed by atoms with Gasteiger partial charge in [0, 0.05) is 24.3 Å². The van der Waals surface area contributed by atoms with Crippen LogP contribution < -0.4 is 5.32 Å². The second-order valence-corrected chi connectivity index (χ2v) is 4.67. The summed E-state index contributed by atoms with van der Waals surface area (Å²) >= 11 is 0. The highest BCUT2D eigenvalue weighted by Crippen LogP contribution is 2.19. The Bertz CT molecular complexity index is 293. The molecule has 0 bridgehead atoms. The third-order valence-electron chi connectivity index (χ3n) is 3.32. The van der Waals surface area contributed by atoms with Gasteiger partial charge in [-0.1, -0.05) is 39.0 Å². The smallest absolute Gasteiger partial charge is 0.0537 e. The number of hydrogen-bond acceptors (Lipinski definition) is 2. The van der Waals surface area contributed by atoms with Crippen LogP contribution in [0.15, 0.2) is 12.4 Å². The van der Waals surface area contributed by atoms with Gasteiger partial charge in [0.05, 0.1) is 6.20 Å². The second-order valence-electron chi connectivity index (χ2n) is 4.67. The first-order valence-electron chi connectivity index (χ1n) is 7.01. The van der Waals surface area contributed by atoms with Crippen LogP contribution in [0.5, 0.6) is 0 Å². The summed E-state index contributed by atoms with van der Waals surface area (Å²) in [5.74, 6) is 0. The van der Waals surface area contributed by atoms with E-state index in [2.05, 4.69) is 30.5 Å². The Labute approximate surface area is 106 Å². The maximum absolute atomic E-state index is 4.34. The summed E-state index contributed by atoms with van der Waals surface area (Å²) in [5.41, 5.74) is 1.32. The van der Waals surface area contributed by atoms with Crippen LogP contribution in [0.4, 0.5) is 0 Å². The third-order valence-corrected chi connectivity index (χ3v) is 3.32. The molecule has 0 amide bonds. The van der Waals surface area contributed by atoms with Crippen molar-refractivity contribution < 1.29 is 0 Å². The van der Waals surface area contributed by atoms with Crippen molar-refractivity contribution in [2.45, 2.75) is 65.0 Å². The lowest BCUT2D eigenvalue weighted by atomic mass is 10.0. The molecule has 0 fully saturated rings. The Morgan fingerprint density at radius 1 is 1.24 bits per heavy atom. The van der Waals surface area contributed by atoms with E-state index in [-0.39, 0.29) is 0 Å². The number of hydrogen-bond donors (Lipinski definition) is 1. The minimum Gasteiger partial charge on any atom is -0.313 e. The molecule has 0 saturated heterocycles. The van der Waals surface area contributed by atoms with Gasteiger partial charge in [0.1, 0.15) is 0 Å². The van der Waals surface area contributed by atoms with Gasteiger partial charge >= 0.3 is 0 Å². The molecule has 0 aliphatic carbocycles. The molecule has 1 N–H and O–H groups in total. The summed E-state index contributed by atoms with van der Waals surface area (Å²) in [6, 6.07) is 0.469. The van der Waals surface area contributed by atoms with Gasteiger partial charge < -0.3 is 5.32 Å². The molecule has 1 aromatic heterocycles. The first-order chi connectivity index (χ1) is 8.31. The summed E-state index contributed by atoms with van der Waals surface area (Å²) < 4.78 is 2.00. The molecule has 1 atom stereocenters. The van der Waals surface area contributed by atoms with Gasteiger partial charge in [-0.2, -0.15) is 5.10 Å². The van der Waals surface area contributed by atoms with E-state index in [9.17, 15) is 0 Å². The molecule has 3 nitrogen and oxygen atoms in total. The molecular formula is C14H27N3. The molecule has 0 saturated carbocycles. The van der Waals surface area contributed by atoms with Crippen LogP contribution in [-0.4, -0.2) is 16.8 Å². The molecule has 3 heteroatoms. The summed E-state index contributed by atoms with van der Waals surface area (Å²) in [4.78, 5) is 0. The number of aromatic nitrogens is 2. The monoisotopic (exact) mass is 237 g/mol. The van der Waals surface area contributed by atoms with Gasteiger partial charge in [0.25, 0.3) is 0 Å². The highest BCUT2D eigenvalue weighted by Gasteiger charge is 2.10. The number of nitrogens with zero attached hydrogens (tertiary/aromatic N) is 2. The maximum Gasteiger partial charge on any atom is 0.0537 e. The van der Waals surface area contributed by atoms with Crippen molar-refractivity contribution in [2.75, 3.05) is 7.05 Å². The Morgan fingerprint density at radius 3 is 2.59 bits per heavy atom. The van der Waals surface area contributed by atoms with Crippen molar-refractivity contribution in [2.24, 2.45) is 0 Å². The Morgan fingerprint density at radius 2 is 2.00 bits per heavy atom. The van der Waals surface area contributed by atoms with Crippen molar-refractivity contribution in [1.29, 1.82) is 0 Å². The normalized spacial score (nSPS) is 12.9. The topological polar surface area (TPSA) is 29.9 Å². The number of rotatable bonds is 9. The van der Waals surface area contributed by atoms with Crippen LogP contribution in [0.3, 0.4) is 0 Å². The van der Waals surface area contributed by atoms with E-state index in [4.69, 9.17) is 0 Å². The lowest BCUT2D eigenvalue weighted by molar-refractivity contribution is 0.500. The van der Waals surface area contributed by atoms with E-state index in [1.807, 2.05) is 17.9 Å². The predicted molar refractivity (Wildman–Crippen MR) is 73.1 cm³/mol. The van der Waals surface area contributed by atoms with E-state index in [1.165, 1.54) is 44.1 Å². The van der Waals surface area contributed by atoms with Crippen LogP contribution in [0.1, 0.15) is 64.0 Å². The summed E-state index contributed by atoms with van der Waals surface area (Å²) in [5, 5.41) is 7.73. The number of unbranched alkanes of at least 4 members (excludes halogenated alkanes) is 4. The quantitative estimate of drug-likeness (QED) is 0.666. The first-order valence-corrected chi connectivity index (χ1v) is 7.01. The van der Waals surface area contributed by atoms with E-state index in [0.29, 0.717) is 6.04 Å². The Hall–Kier alpha value is -0.830. The molecule has 17 heavy (non-hydrogen) atoms. The average molecular weight is 237 g/mol. The molecule has 98 valence electrons. The predicted octanol–water partition coefficient (Wildman–Crippen LogP) is 3.52.